The second-order valence-corrected chi connectivity index (χ2v) is 5.12. The zero-order valence-corrected chi connectivity index (χ0v) is 11.0. The minimum atomic E-state index is -0.217. The maximum Gasteiger partial charge on any atom is 0.0683 e. The Morgan fingerprint density at radius 2 is 1.94 bits per heavy atom. The molecule has 3 heteroatoms. The molecule has 0 saturated carbocycles. The largest absolute Gasteiger partial charge is 0.269 e. The number of hydrogen-bond donors (Lipinski definition) is 0. The van der Waals surface area contributed by atoms with Gasteiger partial charge in [0.25, 0.3) is 0 Å². The molecule has 88 valence electrons. The highest BCUT2D eigenvalue weighted by Crippen LogP contribution is 2.21. The maximum atomic E-state index is 8.92. The summed E-state index contributed by atoms with van der Waals surface area (Å²) in [5.41, 5.74) is 3.41. The number of aryl methyl sites for hydroxylation is 2. The van der Waals surface area contributed by atoms with Gasteiger partial charge in [0.2, 0.25) is 0 Å². The fourth-order valence-electron chi connectivity index (χ4n) is 1.73. The number of nitrogens with zero attached hydrogens (tertiary/aromatic N) is 3. The molecule has 0 aliphatic carbocycles. The predicted molar refractivity (Wildman–Crippen MR) is 65.1 cm³/mol. The zero-order valence-electron chi connectivity index (χ0n) is 11.0. The van der Waals surface area contributed by atoms with Crippen molar-refractivity contribution in [3.05, 3.63) is 17.0 Å². The lowest BCUT2D eigenvalue weighted by Crippen LogP contribution is -2.10. The van der Waals surface area contributed by atoms with Crippen LogP contribution in [0.2, 0.25) is 0 Å². The second-order valence-electron chi connectivity index (χ2n) is 5.12. The van der Waals surface area contributed by atoms with E-state index in [2.05, 4.69) is 29.7 Å². The van der Waals surface area contributed by atoms with Crippen molar-refractivity contribution in [2.45, 2.75) is 54.0 Å². The molecule has 1 heterocycles. The molecule has 0 radical (unpaired) electrons. The van der Waals surface area contributed by atoms with Gasteiger partial charge in [-0.15, -0.1) is 0 Å². The average molecular weight is 219 g/mol. The van der Waals surface area contributed by atoms with E-state index in [0.29, 0.717) is 0 Å². The molecular weight excluding hydrogens is 198 g/mol. The summed E-state index contributed by atoms with van der Waals surface area (Å²) >= 11 is 0. The quantitative estimate of drug-likeness (QED) is 0.780. The smallest absolute Gasteiger partial charge is 0.0683 e. The van der Waals surface area contributed by atoms with Gasteiger partial charge >= 0.3 is 0 Å². The van der Waals surface area contributed by atoms with E-state index in [1.165, 1.54) is 11.3 Å². The summed E-state index contributed by atoms with van der Waals surface area (Å²) in [5, 5.41) is 13.4. The highest BCUT2D eigenvalue weighted by molar-refractivity contribution is 5.22. The van der Waals surface area contributed by atoms with Crippen molar-refractivity contribution in [3.63, 3.8) is 0 Å². The Balaban J connectivity index is 2.57. The molecule has 1 aromatic rings. The Bertz CT molecular complexity index is 408. The molecule has 1 rings (SSSR count). The SMILES string of the molecule is Cc1nn(CCCC(C)(C)C#N)c(C)c1C. The molecule has 0 unspecified atom stereocenters. The molecule has 0 bridgehead atoms. The van der Waals surface area contributed by atoms with Gasteiger partial charge in [0, 0.05) is 12.2 Å². The molecular formula is C13H21N3. The maximum absolute atomic E-state index is 8.92. The van der Waals surface area contributed by atoms with Crippen LogP contribution < -0.4 is 0 Å². The number of rotatable bonds is 4. The monoisotopic (exact) mass is 219 g/mol. The third-order valence-electron chi connectivity index (χ3n) is 3.22. The van der Waals surface area contributed by atoms with E-state index in [9.17, 15) is 0 Å². The molecule has 0 saturated heterocycles. The van der Waals surface area contributed by atoms with Gasteiger partial charge in [0.05, 0.1) is 17.2 Å². The number of nitriles is 1. The molecule has 0 aliphatic heterocycles. The van der Waals surface area contributed by atoms with Crippen LogP contribution in [-0.2, 0) is 6.54 Å². The van der Waals surface area contributed by atoms with Gasteiger partial charge in [0.15, 0.2) is 0 Å². The van der Waals surface area contributed by atoms with Gasteiger partial charge in [-0.3, -0.25) is 4.68 Å². The van der Waals surface area contributed by atoms with Crippen LogP contribution in [0, 0.1) is 37.5 Å². The van der Waals surface area contributed by atoms with Crippen molar-refractivity contribution in [2.24, 2.45) is 5.41 Å². The Hall–Kier alpha value is -1.30. The predicted octanol–water partition coefficient (Wildman–Crippen LogP) is 3.14. The zero-order chi connectivity index (χ0) is 12.3. The van der Waals surface area contributed by atoms with Crippen LogP contribution in [0.3, 0.4) is 0 Å². The lowest BCUT2D eigenvalue weighted by atomic mass is 9.90. The van der Waals surface area contributed by atoms with Crippen LogP contribution in [0.5, 0.6) is 0 Å². The summed E-state index contributed by atoms with van der Waals surface area (Å²) in [5.74, 6) is 0. The third kappa shape index (κ3) is 2.85. The van der Waals surface area contributed by atoms with Crippen molar-refractivity contribution in [1.82, 2.24) is 9.78 Å². The van der Waals surface area contributed by atoms with Gasteiger partial charge in [0.1, 0.15) is 0 Å². The van der Waals surface area contributed by atoms with Crippen LogP contribution in [0.4, 0.5) is 0 Å². The molecule has 0 fully saturated rings. The Kier molecular flexibility index (Phi) is 3.74. The van der Waals surface area contributed by atoms with E-state index in [0.717, 1.165) is 25.1 Å². The summed E-state index contributed by atoms with van der Waals surface area (Å²) in [6, 6.07) is 2.33. The van der Waals surface area contributed by atoms with E-state index in [1.54, 1.807) is 0 Å². The Labute approximate surface area is 98.1 Å². The lowest BCUT2D eigenvalue weighted by molar-refractivity contribution is 0.404. The summed E-state index contributed by atoms with van der Waals surface area (Å²) < 4.78 is 2.05. The molecule has 0 N–H and O–H groups in total. The summed E-state index contributed by atoms with van der Waals surface area (Å²) in [4.78, 5) is 0. The van der Waals surface area contributed by atoms with Gasteiger partial charge in [-0.1, -0.05) is 0 Å². The van der Waals surface area contributed by atoms with Crippen molar-refractivity contribution in [2.75, 3.05) is 0 Å². The topological polar surface area (TPSA) is 41.6 Å². The van der Waals surface area contributed by atoms with Gasteiger partial charge in [-0.2, -0.15) is 10.4 Å². The molecule has 0 amide bonds. The van der Waals surface area contributed by atoms with Crippen LogP contribution in [0.15, 0.2) is 0 Å². The molecule has 0 aromatic carbocycles. The fraction of sp³-hybridized carbons (Fsp3) is 0.692. The van der Waals surface area contributed by atoms with Crippen LogP contribution >= 0.6 is 0 Å². The van der Waals surface area contributed by atoms with Gasteiger partial charge < -0.3 is 0 Å². The summed E-state index contributed by atoms with van der Waals surface area (Å²) in [6.07, 6.45) is 1.92. The fourth-order valence-corrected chi connectivity index (χ4v) is 1.73. The minimum Gasteiger partial charge on any atom is -0.269 e. The van der Waals surface area contributed by atoms with Gasteiger partial charge in [-0.05, 0) is 53.0 Å². The molecule has 0 aliphatic rings. The number of aromatic nitrogens is 2. The van der Waals surface area contributed by atoms with E-state index in [-0.39, 0.29) is 5.41 Å². The number of hydrogen-bond acceptors (Lipinski definition) is 2. The van der Waals surface area contributed by atoms with E-state index >= 15 is 0 Å². The van der Waals surface area contributed by atoms with Gasteiger partial charge in [-0.25, -0.2) is 0 Å². The van der Waals surface area contributed by atoms with Crippen LogP contribution in [-0.4, -0.2) is 9.78 Å². The normalized spacial score (nSPS) is 11.5. The highest BCUT2D eigenvalue weighted by atomic mass is 15.3. The molecule has 1 aromatic heterocycles. The van der Waals surface area contributed by atoms with E-state index in [1.807, 2.05) is 20.8 Å². The lowest BCUT2D eigenvalue weighted by Gasteiger charge is -2.14. The van der Waals surface area contributed by atoms with Crippen molar-refractivity contribution >= 4 is 0 Å². The molecule has 16 heavy (non-hydrogen) atoms. The first kappa shape index (κ1) is 12.8. The first-order chi connectivity index (χ1) is 7.37. The van der Waals surface area contributed by atoms with Crippen LogP contribution in [0.1, 0.15) is 43.6 Å². The Morgan fingerprint density at radius 3 is 2.38 bits per heavy atom. The minimum absolute atomic E-state index is 0.217. The first-order valence-corrected chi connectivity index (χ1v) is 5.79. The van der Waals surface area contributed by atoms with E-state index < -0.39 is 0 Å². The highest BCUT2D eigenvalue weighted by Gasteiger charge is 2.16. The van der Waals surface area contributed by atoms with E-state index in [4.69, 9.17) is 5.26 Å². The summed E-state index contributed by atoms with van der Waals surface area (Å²) in [7, 11) is 0. The van der Waals surface area contributed by atoms with Crippen LogP contribution in [0.25, 0.3) is 0 Å². The van der Waals surface area contributed by atoms with Crippen molar-refractivity contribution in [3.8, 4) is 6.07 Å². The molecule has 3 nitrogen and oxygen atoms in total. The first-order valence-electron chi connectivity index (χ1n) is 5.79. The molecule has 0 spiro atoms. The third-order valence-corrected chi connectivity index (χ3v) is 3.22. The average Bonchev–Trinajstić information content (AvgIpc) is 2.46. The summed E-state index contributed by atoms with van der Waals surface area (Å²) in [6.45, 7) is 11.1. The second kappa shape index (κ2) is 4.69. The Morgan fingerprint density at radius 1 is 1.31 bits per heavy atom. The molecule has 0 atom stereocenters. The van der Waals surface area contributed by atoms with Crippen molar-refractivity contribution in [1.29, 1.82) is 5.26 Å². The standard InChI is InChI=1S/C13H21N3/c1-10-11(2)15-16(12(10)3)8-6-7-13(4,5)9-14/h6-8H2,1-5H3. The van der Waals surface area contributed by atoms with Crippen molar-refractivity contribution < 1.29 is 0 Å².